The highest BCUT2D eigenvalue weighted by molar-refractivity contribution is 6.12. The number of fused-ring (bicyclic) bond motifs is 9. The Morgan fingerprint density at radius 3 is 1.75 bits per heavy atom. The summed E-state index contributed by atoms with van der Waals surface area (Å²) in [5, 5.41) is 4.90. The third-order valence-electron chi connectivity index (χ3n) is 10.5. The van der Waals surface area contributed by atoms with Crippen LogP contribution in [0.25, 0.3) is 88.8 Å². The molecule has 0 fully saturated rings. The lowest BCUT2D eigenvalue weighted by Crippen LogP contribution is -1.99. The topological polar surface area (TPSA) is 48.5 Å². The second-order valence-electron chi connectivity index (χ2n) is 13.3. The molecule has 238 valence electrons. The quantitative estimate of drug-likeness (QED) is 0.190. The smallest absolute Gasteiger partial charge is 0.137 e. The predicted octanol–water partition coefficient (Wildman–Crippen LogP) is 11.0. The van der Waals surface area contributed by atoms with Gasteiger partial charge in [0.05, 0.1) is 33.5 Å². The number of pyridine rings is 1. The van der Waals surface area contributed by atoms with Crippen LogP contribution in [0.15, 0.2) is 164 Å². The molecule has 0 aliphatic heterocycles. The van der Waals surface area contributed by atoms with Crippen molar-refractivity contribution in [3.05, 3.63) is 175 Å². The highest BCUT2D eigenvalue weighted by Crippen LogP contribution is 2.40. The Morgan fingerprint density at radius 2 is 1.02 bits per heavy atom. The van der Waals surface area contributed by atoms with E-state index in [4.69, 9.17) is 9.97 Å². The third-order valence-corrected chi connectivity index (χ3v) is 10.5. The van der Waals surface area contributed by atoms with Crippen LogP contribution >= 0.6 is 0 Å². The lowest BCUT2D eigenvalue weighted by molar-refractivity contribution is 1.07. The summed E-state index contributed by atoms with van der Waals surface area (Å²) in [7, 11) is 0. The lowest BCUT2D eigenvalue weighted by Gasteiger charge is -2.10. The van der Waals surface area contributed by atoms with E-state index in [-0.39, 0.29) is 0 Å². The minimum Gasteiger partial charge on any atom is -0.309 e. The summed E-state index contributed by atoms with van der Waals surface area (Å²) in [6, 6.07) is 54.4. The average Bonchev–Trinajstić information content (AvgIpc) is 3.86. The second kappa shape index (κ2) is 10.8. The largest absolute Gasteiger partial charge is 0.309 e. The summed E-state index contributed by atoms with van der Waals surface area (Å²) in [5.41, 5.74) is 14.8. The second-order valence-corrected chi connectivity index (χ2v) is 13.3. The van der Waals surface area contributed by atoms with E-state index in [1.165, 1.54) is 66.1 Å². The van der Waals surface area contributed by atoms with Gasteiger partial charge in [0, 0.05) is 56.5 Å². The van der Waals surface area contributed by atoms with E-state index in [2.05, 4.69) is 166 Å². The number of hydrogen-bond acceptors (Lipinski definition) is 3. The first-order valence-corrected chi connectivity index (χ1v) is 17.3. The van der Waals surface area contributed by atoms with E-state index in [1.54, 1.807) is 6.33 Å². The summed E-state index contributed by atoms with van der Waals surface area (Å²) in [4.78, 5) is 14.4. The Kier molecular flexibility index (Phi) is 5.95. The fraction of sp³-hybridized carbons (Fsp3) is 0.0217. The molecule has 4 heterocycles. The van der Waals surface area contributed by atoms with Crippen LogP contribution in [-0.4, -0.2) is 24.1 Å². The molecule has 0 amide bonds. The Bertz CT molecular complexity index is 2990. The van der Waals surface area contributed by atoms with E-state index in [0.717, 1.165) is 40.2 Å². The molecule has 0 bridgehead atoms. The fourth-order valence-corrected chi connectivity index (χ4v) is 8.22. The van der Waals surface area contributed by atoms with Gasteiger partial charge in [-0.1, -0.05) is 91.0 Å². The van der Waals surface area contributed by atoms with Gasteiger partial charge in [-0.2, -0.15) is 0 Å². The van der Waals surface area contributed by atoms with Gasteiger partial charge >= 0.3 is 0 Å². The zero-order chi connectivity index (χ0) is 33.5. The Morgan fingerprint density at radius 1 is 0.431 bits per heavy atom. The molecule has 0 saturated carbocycles. The van der Waals surface area contributed by atoms with Crippen LogP contribution < -0.4 is 0 Å². The van der Waals surface area contributed by atoms with Gasteiger partial charge in [0.25, 0.3) is 0 Å². The summed E-state index contributed by atoms with van der Waals surface area (Å²) < 4.78 is 4.63. The first-order chi connectivity index (χ1) is 25.3. The van der Waals surface area contributed by atoms with Gasteiger partial charge in [0.2, 0.25) is 0 Å². The Balaban J connectivity index is 1.02. The molecule has 0 spiro atoms. The predicted molar refractivity (Wildman–Crippen MR) is 208 cm³/mol. The lowest BCUT2D eigenvalue weighted by atomic mass is 10.0. The standard InChI is InChI=1S/C46H29N5/c1-2-11-33(12-3-1)50-40-16-8-6-14-35(40)37-24-29(18-21-42(37)50)30-19-22-43-38(25-30)36-15-7-9-17-41(36)51(43)44-23-20-32(27-47-44)45-39-26-31-10-4-5-13-34(31)46(39)49-28-48-45/h1-25,27-28H,26H2. The number of aromatic nitrogens is 5. The Labute approximate surface area is 293 Å². The molecule has 1 aliphatic rings. The van der Waals surface area contributed by atoms with Crippen LogP contribution in [0.5, 0.6) is 0 Å². The minimum atomic E-state index is 0.834. The highest BCUT2D eigenvalue weighted by atomic mass is 15.1. The van der Waals surface area contributed by atoms with E-state index >= 15 is 0 Å². The number of nitrogens with zero attached hydrogens (tertiary/aromatic N) is 5. The van der Waals surface area contributed by atoms with E-state index in [0.29, 0.717) is 0 Å². The summed E-state index contributed by atoms with van der Waals surface area (Å²) >= 11 is 0. The van der Waals surface area contributed by atoms with Crippen molar-refractivity contribution in [3.63, 3.8) is 0 Å². The summed E-state index contributed by atoms with van der Waals surface area (Å²) in [6.07, 6.45) is 4.46. The van der Waals surface area contributed by atoms with Crippen molar-refractivity contribution >= 4 is 43.6 Å². The van der Waals surface area contributed by atoms with Gasteiger partial charge < -0.3 is 4.57 Å². The summed E-state index contributed by atoms with van der Waals surface area (Å²) in [5.74, 6) is 0.877. The molecule has 6 aromatic carbocycles. The zero-order valence-electron chi connectivity index (χ0n) is 27.5. The van der Waals surface area contributed by atoms with Gasteiger partial charge in [-0.25, -0.2) is 15.0 Å². The first-order valence-electron chi connectivity index (χ1n) is 17.3. The minimum absolute atomic E-state index is 0.834. The van der Waals surface area contributed by atoms with Crippen molar-refractivity contribution in [2.24, 2.45) is 0 Å². The van der Waals surface area contributed by atoms with Gasteiger partial charge in [-0.05, 0) is 77.4 Å². The van der Waals surface area contributed by atoms with Crippen molar-refractivity contribution in [2.75, 3.05) is 0 Å². The van der Waals surface area contributed by atoms with Gasteiger partial charge in [0.1, 0.15) is 12.1 Å². The molecule has 51 heavy (non-hydrogen) atoms. The van der Waals surface area contributed by atoms with Crippen molar-refractivity contribution < 1.29 is 0 Å². The van der Waals surface area contributed by atoms with Crippen LogP contribution in [-0.2, 0) is 6.42 Å². The Hall–Kier alpha value is -6.85. The van der Waals surface area contributed by atoms with Crippen LogP contribution in [0, 0.1) is 0 Å². The molecule has 5 nitrogen and oxygen atoms in total. The summed E-state index contributed by atoms with van der Waals surface area (Å²) in [6.45, 7) is 0. The maximum absolute atomic E-state index is 5.04. The number of rotatable bonds is 4. The average molecular weight is 652 g/mol. The molecule has 4 aromatic heterocycles. The van der Waals surface area contributed by atoms with Crippen LogP contribution in [0.4, 0.5) is 0 Å². The maximum Gasteiger partial charge on any atom is 0.137 e. The van der Waals surface area contributed by atoms with Crippen molar-refractivity contribution in [3.8, 4) is 45.1 Å². The zero-order valence-corrected chi connectivity index (χ0v) is 27.5. The van der Waals surface area contributed by atoms with E-state index < -0.39 is 0 Å². The normalized spacial score (nSPS) is 12.2. The molecule has 5 heteroatoms. The van der Waals surface area contributed by atoms with Crippen molar-refractivity contribution in [1.82, 2.24) is 24.1 Å². The fourth-order valence-electron chi connectivity index (χ4n) is 8.22. The monoisotopic (exact) mass is 651 g/mol. The van der Waals surface area contributed by atoms with Crippen molar-refractivity contribution in [2.45, 2.75) is 6.42 Å². The van der Waals surface area contributed by atoms with Crippen LogP contribution in [0.2, 0.25) is 0 Å². The van der Waals surface area contributed by atoms with E-state index in [1.807, 2.05) is 6.20 Å². The molecule has 0 radical (unpaired) electrons. The van der Waals surface area contributed by atoms with Gasteiger partial charge in [-0.3, -0.25) is 4.57 Å². The number of para-hydroxylation sites is 3. The highest BCUT2D eigenvalue weighted by Gasteiger charge is 2.24. The molecular formula is C46H29N5. The molecule has 11 rings (SSSR count). The van der Waals surface area contributed by atoms with Crippen molar-refractivity contribution in [1.29, 1.82) is 0 Å². The molecule has 0 N–H and O–H groups in total. The molecule has 1 aliphatic carbocycles. The van der Waals surface area contributed by atoms with Crippen LogP contribution in [0.1, 0.15) is 11.1 Å². The molecular weight excluding hydrogens is 623 g/mol. The van der Waals surface area contributed by atoms with Gasteiger partial charge in [0.15, 0.2) is 0 Å². The van der Waals surface area contributed by atoms with Crippen LogP contribution in [0.3, 0.4) is 0 Å². The molecule has 0 saturated heterocycles. The SMILES string of the molecule is c1ccc(-n2c3ccccc3c3cc(-c4ccc5c(c4)c4ccccc4n5-c4ccc(-c5ncnc6c5Cc5ccccc5-6)cn4)ccc32)cc1. The first kappa shape index (κ1) is 28.0. The third kappa shape index (κ3) is 4.18. The molecule has 0 unspecified atom stereocenters. The maximum atomic E-state index is 5.04. The van der Waals surface area contributed by atoms with E-state index in [9.17, 15) is 0 Å². The molecule has 0 atom stereocenters. The number of benzene rings is 6. The molecule has 10 aromatic rings. The van der Waals surface area contributed by atoms with Gasteiger partial charge in [-0.15, -0.1) is 0 Å². The number of hydrogen-bond donors (Lipinski definition) is 0.